The van der Waals surface area contributed by atoms with Crippen LogP contribution in [0.4, 0.5) is 11.4 Å². The van der Waals surface area contributed by atoms with E-state index in [0.717, 1.165) is 27.5 Å². The van der Waals surface area contributed by atoms with Gasteiger partial charge in [-0.3, -0.25) is 0 Å². The van der Waals surface area contributed by atoms with Gasteiger partial charge in [-0.25, -0.2) is 4.99 Å². The molecule has 130 valence electrons. The van der Waals surface area contributed by atoms with Gasteiger partial charge in [-0.05, 0) is 34.7 Å². The number of phenols is 1. The first-order valence-corrected chi connectivity index (χ1v) is 8.76. The summed E-state index contributed by atoms with van der Waals surface area (Å²) in [6.45, 7) is 0. The van der Waals surface area contributed by atoms with Crippen molar-refractivity contribution in [2.45, 2.75) is 0 Å². The highest BCUT2D eigenvalue weighted by atomic mass is 16.3. The van der Waals surface area contributed by atoms with Crippen LogP contribution >= 0.6 is 0 Å². The van der Waals surface area contributed by atoms with Crippen molar-refractivity contribution in [3.63, 3.8) is 0 Å². The smallest absolute Gasteiger partial charge is 0.198 e. The Morgan fingerprint density at radius 3 is 2.37 bits per heavy atom. The second-order valence-electron chi connectivity index (χ2n) is 6.58. The van der Waals surface area contributed by atoms with E-state index in [1.807, 2.05) is 36.4 Å². The zero-order valence-corrected chi connectivity index (χ0v) is 14.5. The Balaban J connectivity index is 1.57. The van der Waals surface area contributed by atoms with Gasteiger partial charge in [0.05, 0.1) is 5.69 Å². The lowest BCUT2D eigenvalue weighted by atomic mass is 10.0. The Morgan fingerprint density at radius 2 is 1.52 bits per heavy atom. The lowest BCUT2D eigenvalue weighted by Crippen LogP contribution is -2.22. The summed E-state index contributed by atoms with van der Waals surface area (Å²) < 4.78 is 0. The van der Waals surface area contributed by atoms with Crippen LogP contribution in [-0.4, -0.2) is 11.1 Å². The Labute approximate surface area is 156 Å². The molecule has 4 aromatic carbocycles. The van der Waals surface area contributed by atoms with E-state index in [4.69, 9.17) is 5.73 Å². The van der Waals surface area contributed by atoms with E-state index in [1.54, 1.807) is 12.1 Å². The summed E-state index contributed by atoms with van der Waals surface area (Å²) in [4.78, 5) is 4.61. The van der Waals surface area contributed by atoms with Crippen LogP contribution in [0.15, 0.2) is 71.7 Å². The van der Waals surface area contributed by atoms with Crippen LogP contribution in [0.3, 0.4) is 0 Å². The molecule has 4 aromatic rings. The van der Waals surface area contributed by atoms with Crippen LogP contribution in [0.25, 0.3) is 33.7 Å². The molecule has 0 heterocycles. The third-order valence-corrected chi connectivity index (χ3v) is 4.93. The number of rotatable bonds is 2. The van der Waals surface area contributed by atoms with Gasteiger partial charge in [0.2, 0.25) is 0 Å². The van der Waals surface area contributed by atoms with E-state index in [9.17, 15) is 5.11 Å². The lowest BCUT2D eigenvalue weighted by molar-refractivity contribution is 0.481. The number of fused-ring (bicyclic) bond motifs is 1. The lowest BCUT2D eigenvalue weighted by Gasteiger charge is -2.11. The highest BCUT2D eigenvalue weighted by molar-refractivity contribution is 6.10. The van der Waals surface area contributed by atoms with E-state index >= 15 is 0 Å². The van der Waals surface area contributed by atoms with Crippen LogP contribution in [0, 0.1) is 0 Å². The predicted octanol–water partition coefficient (Wildman–Crippen LogP) is 5.24. The van der Waals surface area contributed by atoms with Crippen LogP contribution in [-0.2, 0) is 0 Å². The van der Waals surface area contributed by atoms with Crippen molar-refractivity contribution in [3.05, 3.63) is 77.9 Å². The van der Waals surface area contributed by atoms with Crippen LogP contribution < -0.4 is 11.1 Å². The molecule has 0 amide bonds. The third-order valence-electron chi connectivity index (χ3n) is 4.93. The molecule has 0 aromatic heterocycles. The van der Waals surface area contributed by atoms with Gasteiger partial charge in [-0.15, -0.1) is 0 Å². The molecule has 0 fully saturated rings. The maximum atomic E-state index is 10.0. The molecule has 5 rings (SSSR count). The molecule has 0 radical (unpaired) electrons. The van der Waals surface area contributed by atoms with Crippen molar-refractivity contribution in [1.82, 2.24) is 0 Å². The number of nitrogens with one attached hydrogen (secondary N) is 1. The monoisotopic (exact) mass is 351 g/mol. The summed E-state index contributed by atoms with van der Waals surface area (Å²) >= 11 is 0. The van der Waals surface area contributed by atoms with Gasteiger partial charge in [-0.1, -0.05) is 60.7 Å². The summed E-state index contributed by atoms with van der Waals surface area (Å²) in [7, 11) is 0. The molecule has 0 spiro atoms. The predicted molar refractivity (Wildman–Crippen MR) is 113 cm³/mol. The number of aromatic hydroxyl groups is 1. The zero-order chi connectivity index (χ0) is 18.4. The first-order valence-electron chi connectivity index (χ1n) is 8.76. The molecule has 27 heavy (non-hydrogen) atoms. The summed E-state index contributed by atoms with van der Waals surface area (Å²) in [6.07, 6.45) is 4.24. The first kappa shape index (κ1) is 15.5. The molecule has 0 atom stereocenters. The maximum Gasteiger partial charge on any atom is 0.198 e. The fraction of sp³-hybridized carbons (Fsp3) is 0. The number of hydrogen-bond donors (Lipinski definition) is 3. The third kappa shape index (κ3) is 2.50. The second kappa shape index (κ2) is 5.88. The quantitative estimate of drug-likeness (QED) is 0.231. The average Bonchev–Trinajstić information content (AvgIpc) is 3.11. The highest BCUT2D eigenvalue weighted by Crippen LogP contribution is 2.36. The van der Waals surface area contributed by atoms with Gasteiger partial charge >= 0.3 is 0 Å². The average molecular weight is 351 g/mol. The normalized spacial score (nSPS) is 12.8. The van der Waals surface area contributed by atoms with Gasteiger partial charge in [-0.2, -0.15) is 0 Å². The SMILES string of the molecule is NC(=Nc1ccc2c3c(cccc13)C=C2)Nc1ccc(O)c2ccccc12. The number of aliphatic imine (C=N–C) groups is 1. The minimum atomic E-state index is 0.242. The zero-order valence-electron chi connectivity index (χ0n) is 14.5. The van der Waals surface area contributed by atoms with E-state index < -0.39 is 0 Å². The van der Waals surface area contributed by atoms with Crippen LogP contribution in [0.2, 0.25) is 0 Å². The standard InChI is InChI=1S/C23H17N3O/c24-23(25-19-12-13-21(27)17-6-2-1-5-16(17)19)26-20-11-10-15-9-8-14-4-3-7-18(20)22(14)15/h1-13,27H,(H3,24,25,26). The van der Waals surface area contributed by atoms with Gasteiger partial charge in [0.25, 0.3) is 0 Å². The number of anilines is 1. The van der Waals surface area contributed by atoms with Gasteiger partial charge in [0.15, 0.2) is 5.96 Å². The molecule has 0 bridgehead atoms. The molecule has 4 nitrogen and oxygen atoms in total. The number of guanidine groups is 1. The Bertz CT molecular complexity index is 1260. The van der Waals surface area contributed by atoms with Crippen molar-refractivity contribution in [3.8, 4) is 5.75 Å². The molecular weight excluding hydrogens is 334 g/mol. The molecule has 0 saturated carbocycles. The summed E-state index contributed by atoms with van der Waals surface area (Å²) in [5, 5.41) is 17.2. The minimum absolute atomic E-state index is 0.242. The van der Waals surface area contributed by atoms with Crippen LogP contribution in [0.1, 0.15) is 11.1 Å². The van der Waals surface area contributed by atoms with Crippen molar-refractivity contribution < 1.29 is 5.11 Å². The fourth-order valence-corrected chi connectivity index (χ4v) is 3.69. The maximum absolute atomic E-state index is 10.0. The number of benzene rings is 4. The largest absolute Gasteiger partial charge is 0.507 e. The van der Waals surface area contributed by atoms with Crippen LogP contribution in [0.5, 0.6) is 5.75 Å². The molecule has 0 aliphatic heterocycles. The minimum Gasteiger partial charge on any atom is -0.507 e. The number of phenolic OH excluding ortho intramolecular Hbond substituents is 1. The summed E-state index contributed by atoms with van der Waals surface area (Å²) in [5.41, 5.74) is 10.2. The van der Waals surface area contributed by atoms with E-state index in [-0.39, 0.29) is 5.75 Å². The number of hydrogen-bond acceptors (Lipinski definition) is 2. The second-order valence-corrected chi connectivity index (χ2v) is 6.58. The summed E-state index contributed by atoms with van der Waals surface area (Å²) in [5.74, 6) is 0.546. The number of nitrogens with two attached hydrogens (primary N) is 1. The van der Waals surface area contributed by atoms with E-state index in [2.05, 4.69) is 40.7 Å². The molecule has 4 N–H and O–H groups in total. The van der Waals surface area contributed by atoms with Crippen molar-refractivity contribution in [1.29, 1.82) is 0 Å². The van der Waals surface area contributed by atoms with Crippen molar-refractivity contribution >= 4 is 51.0 Å². The number of nitrogens with zero attached hydrogens (tertiary/aromatic N) is 1. The van der Waals surface area contributed by atoms with E-state index in [1.165, 1.54) is 16.5 Å². The van der Waals surface area contributed by atoms with Crippen molar-refractivity contribution in [2.24, 2.45) is 10.7 Å². The Morgan fingerprint density at radius 1 is 0.778 bits per heavy atom. The van der Waals surface area contributed by atoms with Gasteiger partial charge < -0.3 is 16.2 Å². The summed E-state index contributed by atoms with van der Waals surface area (Å²) in [6, 6.07) is 21.4. The molecule has 0 saturated heterocycles. The molecule has 0 unspecified atom stereocenters. The van der Waals surface area contributed by atoms with Gasteiger partial charge in [0, 0.05) is 21.8 Å². The Kier molecular flexibility index (Phi) is 3.37. The molecule has 4 heteroatoms. The van der Waals surface area contributed by atoms with Crippen molar-refractivity contribution in [2.75, 3.05) is 5.32 Å². The molecular formula is C23H17N3O. The first-order chi connectivity index (χ1) is 13.2. The topological polar surface area (TPSA) is 70.6 Å². The Hall–Kier alpha value is -3.79. The highest BCUT2D eigenvalue weighted by Gasteiger charge is 2.12. The van der Waals surface area contributed by atoms with E-state index in [0.29, 0.717) is 5.96 Å². The molecule has 1 aliphatic carbocycles. The van der Waals surface area contributed by atoms with Gasteiger partial charge in [0.1, 0.15) is 5.75 Å². The molecule has 1 aliphatic rings. The fourth-order valence-electron chi connectivity index (χ4n) is 3.69.